The lowest BCUT2D eigenvalue weighted by atomic mass is 10.5. The summed E-state index contributed by atoms with van der Waals surface area (Å²) in [5, 5.41) is 0. The van der Waals surface area contributed by atoms with E-state index in [4.69, 9.17) is 18.9 Å². The Morgan fingerprint density at radius 1 is 0.950 bits per heavy atom. The molecule has 0 aliphatic carbocycles. The van der Waals surface area contributed by atoms with Gasteiger partial charge in [0, 0.05) is 0 Å². The van der Waals surface area contributed by atoms with Crippen molar-refractivity contribution >= 4 is 18.3 Å². The number of rotatable bonds is 6. The normalized spacial score (nSPS) is 18.0. The molecule has 2 aliphatic rings. The smallest absolute Gasteiger partial charge is 0.448 e. The first-order chi connectivity index (χ1) is 9.66. The molecule has 2 aliphatic heterocycles. The summed E-state index contributed by atoms with van der Waals surface area (Å²) in [5.41, 5.74) is 0. The summed E-state index contributed by atoms with van der Waals surface area (Å²) in [6, 6.07) is 0. The summed E-state index contributed by atoms with van der Waals surface area (Å²) in [5.74, 6) is 0. The molecule has 0 spiro atoms. The molecule has 0 saturated carbocycles. The van der Waals surface area contributed by atoms with Gasteiger partial charge in [-0.2, -0.15) is 0 Å². The zero-order valence-electron chi connectivity index (χ0n) is 10.9. The molecular formula is C11H16N2O7. The first-order valence-corrected chi connectivity index (χ1v) is 6.30. The SMILES string of the molecule is O=C(OCCN1CCOC1=O)OCCN1CCOC1=O. The maximum Gasteiger partial charge on any atom is 0.508 e. The molecule has 0 unspecified atom stereocenters. The van der Waals surface area contributed by atoms with Crippen LogP contribution in [0.25, 0.3) is 0 Å². The third kappa shape index (κ3) is 3.90. The summed E-state index contributed by atoms with van der Waals surface area (Å²) in [4.78, 5) is 36.3. The molecule has 0 radical (unpaired) electrons. The van der Waals surface area contributed by atoms with Crippen molar-refractivity contribution in [2.45, 2.75) is 0 Å². The highest BCUT2D eigenvalue weighted by atomic mass is 16.7. The maximum absolute atomic E-state index is 11.2. The Bertz CT molecular complexity index is 353. The number of hydrogen-bond donors (Lipinski definition) is 0. The Hall–Kier alpha value is -2.19. The second-order valence-electron chi connectivity index (χ2n) is 4.15. The van der Waals surface area contributed by atoms with Crippen LogP contribution in [0.3, 0.4) is 0 Å². The van der Waals surface area contributed by atoms with E-state index in [9.17, 15) is 14.4 Å². The minimum Gasteiger partial charge on any atom is -0.448 e. The Balaban J connectivity index is 1.52. The second kappa shape index (κ2) is 6.83. The van der Waals surface area contributed by atoms with Crippen LogP contribution < -0.4 is 0 Å². The van der Waals surface area contributed by atoms with E-state index in [-0.39, 0.29) is 26.3 Å². The molecule has 2 rings (SSSR count). The fourth-order valence-corrected chi connectivity index (χ4v) is 1.78. The molecule has 112 valence electrons. The van der Waals surface area contributed by atoms with Gasteiger partial charge >= 0.3 is 18.3 Å². The van der Waals surface area contributed by atoms with Gasteiger partial charge in [0.2, 0.25) is 0 Å². The Morgan fingerprint density at radius 2 is 1.40 bits per heavy atom. The largest absolute Gasteiger partial charge is 0.508 e. The van der Waals surface area contributed by atoms with Crippen LogP contribution in [0.5, 0.6) is 0 Å². The number of carbonyl (C=O) groups excluding carboxylic acids is 3. The Morgan fingerprint density at radius 3 is 1.75 bits per heavy atom. The van der Waals surface area contributed by atoms with Crippen LogP contribution in [-0.4, -0.2) is 80.7 Å². The Kier molecular flexibility index (Phi) is 4.85. The van der Waals surface area contributed by atoms with Crippen molar-refractivity contribution in [3.05, 3.63) is 0 Å². The number of carbonyl (C=O) groups is 3. The number of nitrogens with zero attached hydrogens (tertiary/aromatic N) is 2. The predicted molar refractivity (Wildman–Crippen MR) is 63.1 cm³/mol. The van der Waals surface area contributed by atoms with Crippen LogP contribution in [0, 0.1) is 0 Å². The average Bonchev–Trinajstić information content (AvgIpc) is 3.00. The molecule has 9 heteroatoms. The van der Waals surface area contributed by atoms with Crippen molar-refractivity contribution in [3.8, 4) is 0 Å². The highest BCUT2D eigenvalue weighted by Crippen LogP contribution is 2.03. The minimum atomic E-state index is -0.829. The van der Waals surface area contributed by atoms with Crippen LogP contribution >= 0.6 is 0 Å². The molecule has 0 N–H and O–H groups in total. The number of cyclic esters (lactones) is 2. The number of ether oxygens (including phenoxy) is 4. The monoisotopic (exact) mass is 288 g/mol. The van der Waals surface area contributed by atoms with Crippen LogP contribution in [0.2, 0.25) is 0 Å². The Labute approximate surface area is 115 Å². The van der Waals surface area contributed by atoms with Gasteiger partial charge < -0.3 is 28.7 Å². The van der Waals surface area contributed by atoms with E-state index in [1.165, 1.54) is 9.80 Å². The van der Waals surface area contributed by atoms with Gasteiger partial charge in [-0.3, -0.25) is 0 Å². The number of amides is 2. The lowest BCUT2D eigenvalue weighted by molar-refractivity contribution is 0.0464. The van der Waals surface area contributed by atoms with E-state index in [0.717, 1.165) is 0 Å². The predicted octanol–water partition coefficient (Wildman–Crippen LogP) is 0.0440. The van der Waals surface area contributed by atoms with Gasteiger partial charge in [-0.05, 0) is 0 Å². The molecule has 0 atom stereocenters. The lowest BCUT2D eigenvalue weighted by Gasteiger charge is -2.14. The van der Waals surface area contributed by atoms with Crippen LogP contribution in [-0.2, 0) is 18.9 Å². The third-order valence-electron chi connectivity index (χ3n) is 2.85. The lowest BCUT2D eigenvalue weighted by Crippen LogP contribution is -2.30. The van der Waals surface area contributed by atoms with E-state index in [0.29, 0.717) is 26.3 Å². The summed E-state index contributed by atoms with van der Waals surface area (Å²) < 4.78 is 19.0. The quantitative estimate of drug-likeness (QED) is 0.503. The first kappa shape index (κ1) is 14.2. The van der Waals surface area contributed by atoms with E-state index in [1.807, 2.05) is 0 Å². The summed E-state index contributed by atoms with van der Waals surface area (Å²) in [6.07, 6.45) is -1.64. The van der Waals surface area contributed by atoms with Crippen molar-refractivity contribution in [1.29, 1.82) is 0 Å². The standard InChI is InChI=1S/C11H16N2O7/c14-9-12(1-5-17-9)3-7-19-11(16)20-8-4-13-2-6-18-10(13)15/h1-8H2. The van der Waals surface area contributed by atoms with Gasteiger partial charge in [-0.15, -0.1) is 0 Å². The molecule has 2 amide bonds. The van der Waals surface area contributed by atoms with E-state index in [1.54, 1.807) is 0 Å². The van der Waals surface area contributed by atoms with Crippen molar-refractivity contribution < 1.29 is 33.3 Å². The molecule has 20 heavy (non-hydrogen) atoms. The molecule has 0 aromatic heterocycles. The maximum atomic E-state index is 11.2. The number of hydrogen-bond acceptors (Lipinski definition) is 7. The fourth-order valence-electron chi connectivity index (χ4n) is 1.78. The summed E-state index contributed by atoms with van der Waals surface area (Å²) in [6.45, 7) is 2.32. The topological polar surface area (TPSA) is 94.6 Å². The second-order valence-corrected chi connectivity index (χ2v) is 4.15. The molecule has 0 bridgehead atoms. The van der Waals surface area contributed by atoms with Gasteiger partial charge in [0.15, 0.2) is 0 Å². The molecule has 9 nitrogen and oxygen atoms in total. The van der Waals surface area contributed by atoms with Crippen molar-refractivity contribution in [2.24, 2.45) is 0 Å². The molecule has 0 aromatic carbocycles. The summed E-state index contributed by atoms with van der Waals surface area (Å²) in [7, 11) is 0. The van der Waals surface area contributed by atoms with Crippen LogP contribution in [0.4, 0.5) is 14.4 Å². The molecule has 2 saturated heterocycles. The molecule has 0 aromatic rings. The van der Waals surface area contributed by atoms with Gasteiger partial charge in [0.05, 0.1) is 26.2 Å². The van der Waals surface area contributed by atoms with Gasteiger partial charge in [-0.1, -0.05) is 0 Å². The van der Waals surface area contributed by atoms with Crippen LogP contribution in [0.1, 0.15) is 0 Å². The van der Waals surface area contributed by atoms with Crippen molar-refractivity contribution in [2.75, 3.05) is 52.6 Å². The zero-order chi connectivity index (χ0) is 14.4. The van der Waals surface area contributed by atoms with E-state index < -0.39 is 18.3 Å². The minimum absolute atomic E-state index is 0.0414. The van der Waals surface area contributed by atoms with Crippen LogP contribution in [0.15, 0.2) is 0 Å². The van der Waals surface area contributed by atoms with Gasteiger partial charge in [0.25, 0.3) is 0 Å². The average molecular weight is 288 g/mol. The van der Waals surface area contributed by atoms with Gasteiger partial charge in [0.1, 0.15) is 26.4 Å². The highest BCUT2D eigenvalue weighted by molar-refractivity contribution is 5.69. The van der Waals surface area contributed by atoms with Crippen molar-refractivity contribution in [1.82, 2.24) is 9.80 Å². The zero-order valence-corrected chi connectivity index (χ0v) is 10.9. The first-order valence-electron chi connectivity index (χ1n) is 6.30. The fraction of sp³-hybridized carbons (Fsp3) is 0.727. The van der Waals surface area contributed by atoms with E-state index >= 15 is 0 Å². The molecule has 2 fully saturated rings. The van der Waals surface area contributed by atoms with E-state index in [2.05, 4.69) is 0 Å². The molecule has 2 heterocycles. The highest BCUT2D eigenvalue weighted by Gasteiger charge is 2.23. The van der Waals surface area contributed by atoms with Gasteiger partial charge in [-0.25, -0.2) is 14.4 Å². The molecular weight excluding hydrogens is 272 g/mol. The summed E-state index contributed by atoms with van der Waals surface area (Å²) >= 11 is 0. The van der Waals surface area contributed by atoms with Crippen molar-refractivity contribution in [3.63, 3.8) is 0 Å². The third-order valence-corrected chi connectivity index (χ3v) is 2.85.